The van der Waals surface area contributed by atoms with E-state index in [1.165, 1.54) is 0 Å². The van der Waals surface area contributed by atoms with Gasteiger partial charge in [-0.25, -0.2) is 4.98 Å². The number of rotatable bonds is 2. The number of carbonyl (C=O) groups is 1. The highest BCUT2D eigenvalue weighted by atomic mass is 16.2. The molecule has 0 bridgehead atoms. The molecule has 3 aromatic rings. The van der Waals surface area contributed by atoms with Gasteiger partial charge in [0.1, 0.15) is 5.82 Å². The summed E-state index contributed by atoms with van der Waals surface area (Å²) in [6.45, 7) is 2.64. The Morgan fingerprint density at radius 3 is 2.38 bits per heavy atom. The van der Waals surface area contributed by atoms with Crippen LogP contribution in [0, 0.1) is 6.92 Å². The molecule has 2 heterocycles. The highest BCUT2D eigenvalue weighted by molar-refractivity contribution is 6.01. The molecule has 0 fully saturated rings. The standard InChI is InChI=1S/C15H13NO.C5H8N2/c17-15-10-13-8-4-5-9-14(13)16(15)11-12-6-2-1-3-7-12;1-5-6-3-4-7(5)2/h1-9H,10-11H2;3-4H,1-2H3. The molecule has 0 saturated carbocycles. The van der Waals surface area contributed by atoms with Gasteiger partial charge in [-0.3, -0.25) is 4.79 Å². The quantitative estimate of drug-likeness (QED) is 0.725. The van der Waals surface area contributed by atoms with Crippen molar-refractivity contribution in [2.24, 2.45) is 7.05 Å². The molecule has 4 rings (SSSR count). The number of carbonyl (C=O) groups excluding carboxylic acids is 1. The van der Waals surface area contributed by atoms with E-state index in [0.29, 0.717) is 13.0 Å². The third kappa shape index (κ3) is 3.54. The second-order valence-corrected chi connectivity index (χ2v) is 5.86. The summed E-state index contributed by atoms with van der Waals surface area (Å²) in [5.41, 5.74) is 3.35. The molecule has 0 radical (unpaired) electrons. The average molecular weight is 319 g/mol. The van der Waals surface area contributed by atoms with E-state index in [1.54, 1.807) is 6.20 Å². The van der Waals surface area contributed by atoms with Crippen LogP contribution < -0.4 is 4.90 Å². The summed E-state index contributed by atoms with van der Waals surface area (Å²) >= 11 is 0. The van der Waals surface area contributed by atoms with Crippen LogP contribution in [0.15, 0.2) is 67.0 Å². The summed E-state index contributed by atoms with van der Waals surface area (Å²) in [6, 6.07) is 18.1. The normalized spacial score (nSPS) is 12.6. The van der Waals surface area contributed by atoms with E-state index in [2.05, 4.69) is 4.98 Å². The van der Waals surface area contributed by atoms with Gasteiger partial charge < -0.3 is 9.47 Å². The number of benzene rings is 2. The highest BCUT2D eigenvalue weighted by Gasteiger charge is 2.26. The molecular weight excluding hydrogens is 298 g/mol. The van der Waals surface area contributed by atoms with E-state index in [-0.39, 0.29) is 5.91 Å². The van der Waals surface area contributed by atoms with Gasteiger partial charge in [0.05, 0.1) is 13.0 Å². The molecule has 0 spiro atoms. The Kier molecular flexibility index (Phi) is 4.75. The summed E-state index contributed by atoms with van der Waals surface area (Å²) in [5, 5.41) is 0. The van der Waals surface area contributed by atoms with Gasteiger partial charge in [-0.1, -0.05) is 48.5 Å². The topological polar surface area (TPSA) is 38.1 Å². The number of aromatic nitrogens is 2. The molecule has 1 aromatic heterocycles. The van der Waals surface area contributed by atoms with Gasteiger partial charge in [0, 0.05) is 25.1 Å². The first-order chi connectivity index (χ1) is 11.6. The van der Waals surface area contributed by atoms with Gasteiger partial charge in [-0.05, 0) is 24.1 Å². The van der Waals surface area contributed by atoms with Crippen LogP contribution in [0.4, 0.5) is 5.69 Å². The van der Waals surface area contributed by atoms with Crippen molar-refractivity contribution in [1.82, 2.24) is 9.55 Å². The van der Waals surface area contributed by atoms with Crippen LogP contribution in [-0.4, -0.2) is 15.5 Å². The molecule has 0 saturated heterocycles. The number of para-hydroxylation sites is 1. The van der Waals surface area contributed by atoms with Gasteiger partial charge >= 0.3 is 0 Å². The van der Waals surface area contributed by atoms with E-state index >= 15 is 0 Å². The molecular formula is C20H21N3O. The fourth-order valence-electron chi connectivity index (χ4n) is 2.70. The molecule has 4 heteroatoms. The van der Waals surface area contributed by atoms with E-state index in [0.717, 1.165) is 22.6 Å². The fraction of sp³-hybridized carbons (Fsp3) is 0.200. The summed E-state index contributed by atoms with van der Waals surface area (Å²) < 4.78 is 1.97. The molecule has 2 aromatic carbocycles. The maximum atomic E-state index is 12.0. The van der Waals surface area contributed by atoms with Crippen molar-refractivity contribution >= 4 is 11.6 Å². The number of amides is 1. The molecule has 0 unspecified atom stereocenters. The molecule has 0 N–H and O–H groups in total. The number of hydrogen-bond acceptors (Lipinski definition) is 2. The van der Waals surface area contributed by atoms with E-state index in [4.69, 9.17) is 0 Å². The molecule has 24 heavy (non-hydrogen) atoms. The lowest BCUT2D eigenvalue weighted by Gasteiger charge is -2.17. The molecule has 4 nitrogen and oxygen atoms in total. The Balaban J connectivity index is 0.000000203. The lowest BCUT2D eigenvalue weighted by molar-refractivity contribution is -0.117. The minimum Gasteiger partial charge on any atom is -0.338 e. The van der Waals surface area contributed by atoms with E-state index < -0.39 is 0 Å². The first-order valence-corrected chi connectivity index (χ1v) is 8.01. The van der Waals surface area contributed by atoms with E-state index in [9.17, 15) is 4.79 Å². The van der Waals surface area contributed by atoms with Crippen molar-refractivity contribution in [2.45, 2.75) is 19.9 Å². The first-order valence-electron chi connectivity index (χ1n) is 8.01. The minimum absolute atomic E-state index is 0.190. The molecule has 0 aliphatic carbocycles. The van der Waals surface area contributed by atoms with Crippen molar-refractivity contribution in [1.29, 1.82) is 0 Å². The Morgan fingerprint density at radius 2 is 1.75 bits per heavy atom. The SMILES string of the molecule is Cc1nccn1C.O=C1Cc2ccccc2N1Cc1ccccc1. The largest absolute Gasteiger partial charge is 0.338 e. The number of anilines is 1. The third-order valence-corrected chi connectivity index (χ3v) is 4.17. The second-order valence-electron chi connectivity index (χ2n) is 5.86. The number of imidazole rings is 1. The van der Waals surface area contributed by atoms with Gasteiger partial charge in [-0.15, -0.1) is 0 Å². The zero-order valence-corrected chi connectivity index (χ0v) is 14.0. The molecule has 1 amide bonds. The smallest absolute Gasteiger partial charge is 0.231 e. The van der Waals surface area contributed by atoms with Crippen LogP contribution in [0.3, 0.4) is 0 Å². The van der Waals surface area contributed by atoms with Crippen molar-refractivity contribution in [3.8, 4) is 0 Å². The van der Waals surface area contributed by atoms with Crippen molar-refractivity contribution in [2.75, 3.05) is 4.90 Å². The second kappa shape index (κ2) is 7.13. The maximum Gasteiger partial charge on any atom is 0.231 e. The number of fused-ring (bicyclic) bond motifs is 1. The van der Waals surface area contributed by atoms with Gasteiger partial charge in [0.25, 0.3) is 0 Å². The monoisotopic (exact) mass is 319 g/mol. The molecule has 0 atom stereocenters. The molecule has 1 aliphatic rings. The van der Waals surface area contributed by atoms with E-state index in [1.807, 2.05) is 84.2 Å². The van der Waals surface area contributed by atoms with Gasteiger partial charge in [0.2, 0.25) is 5.91 Å². The fourth-order valence-corrected chi connectivity index (χ4v) is 2.70. The summed E-state index contributed by atoms with van der Waals surface area (Å²) in [5.74, 6) is 1.25. The van der Waals surface area contributed by atoms with Crippen molar-refractivity contribution in [3.63, 3.8) is 0 Å². The highest BCUT2D eigenvalue weighted by Crippen LogP contribution is 2.29. The zero-order valence-electron chi connectivity index (χ0n) is 14.0. The van der Waals surface area contributed by atoms with Crippen LogP contribution in [0.25, 0.3) is 0 Å². The maximum absolute atomic E-state index is 12.0. The van der Waals surface area contributed by atoms with Crippen LogP contribution >= 0.6 is 0 Å². The minimum atomic E-state index is 0.190. The predicted molar refractivity (Wildman–Crippen MR) is 95.7 cm³/mol. The summed E-state index contributed by atoms with van der Waals surface area (Å²) in [7, 11) is 1.97. The predicted octanol–water partition coefficient (Wildman–Crippen LogP) is 3.50. The lowest BCUT2D eigenvalue weighted by Crippen LogP contribution is -2.25. The number of hydrogen-bond donors (Lipinski definition) is 0. The number of nitrogens with zero attached hydrogens (tertiary/aromatic N) is 3. The van der Waals surface area contributed by atoms with Gasteiger partial charge in [-0.2, -0.15) is 0 Å². The zero-order chi connectivity index (χ0) is 16.9. The third-order valence-electron chi connectivity index (χ3n) is 4.17. The van der Waals surface area contributed by atoms with Crippen molar-refractivity contribution < 1.29 is 4.79 Å². The molecule has 122 valence electrons. The van der Waals surface area contributed by atoms with Crippen LogP contribution in [0.2, 0.25) is 0 Å². The Hall–Kier alpha value is -2.88. The van der Waals surface area contributed by atoms with Crippen LogP contribution in [0.5, 0.6) is 0 Å². The Bertz CT molecular complexity index is 807. The number of aryl methyl sites for hydroxylation is 2. The van der Waals surface area contributed by atoms with Gasteiger partial charge in [0.15, 0.2) is 0 Å². The summed E-state index contributed by atoms with van der Waals surface area (Å²) in [4.78, 5) is 17.8. The lowest BCUT2D eigenvalue weighted by atomic mass is 10.1. The average Bonchev–Trinajstić information content (AvgIpc) is 3.12. The Morgan fingerprint density at radius 1 is 1.04 bits per heavy atom. The van der Waals surface area contributed by atoms with Crippen molar-refractivity contribution in [3.05, 3.63) is 83.9 Å². The summed E-state index contributed by atoms with van der Waals surface area (Å²) in [6.07, 6.45) is 4.24. The van der Waals surface area contributed by atoms with Crippen LogP contribution in [-0.2, 0) is 24.8 Å². The molecule has 1 aliphatic heterocycles. The Labute approximate surface area is 142 Å². The first kappa shape index (κ1) is 16.0. The van der Waals surface area contributed by atoms with Crippen LogP contribution in [0.1, 0.15) is 17.0 Å².